The van der Waals surface area contributed by atoms with Gasteiger partial charge in [0, 0.05) is 29.2 Å². The van der Waals surface area contributed by atoms with E-state index in [1.807, 2.05) is 36.4 Å². The standard InChI is InChI=1S/C22H15N5O2/c23-13-15-7-9-16(10-8-15)22(28)25-19-6-2-1-4-17(19)12-20-26-21(27-29-20)18-5-3-11-24-14-18/h1-11,14H,12H2,(H,25,28). The van der Waals surface area contributed by atoms with Crippen molar-refractivity contribution in [2.24, 2.45) is 0 Å². The molecule has 0 spiro atoms. The van der Waals surface area contributed by atoms with Crippen LogP contribution in [0.25, 0.3) is 11.4 Å². The summed E-state index contributed by atoms with van der Waals surface area (Å²) in [6.45, 7) is 0. The minimum absolute atomic E-state index is 0.261. The first-order chi connectivity index (χ1) is 14.2. The molecule has 1 amide bonds. The van der Waals surface area contributed by atoms with E-state index in [2.05, 4.69) is 20.4 Å². The van der Waals surface area contributed by atoms with Crippen molar-refractivity contribution in [2.75, 3.05) is 5.32 Å². The summed E-state index contributed by atoms with van der Waals surface area (Å²) in [7, 11) is 0. The van der Waals surface area contributed by atoms with Crippen molar-refractivity contribution in [1.82, 2.24) is 15.1 Å². The number of rotatable bonds is 5. The number of hydrogen-bond acceptors (Lipinski definition) is 6. The van der Waals surface area contributed by atoms with Crippen LogP contribution in [0.2, 0.25) is 0 Å². The molecule has 29 heavy (non-hydrogen) atoms. The highest BCUT2D eigenvalue weighted by Crippen LogP contribution is 2.21. The third kappa shape index (κ3) is 4.17. The second-order valence-corrected chi connectivity index (χ2v) is 6.23. The van der Waals surface area contributed by atoms with Crippen molar-refractivity contribution in [3.05, 3.63) is 95.6 Å². The van der Waals surface area contributed by atoms with Crippen molar-refractivity contribution in [1.29, 1.82) is 5.26 Å². The van der Waals surface area contributed by atoms with Crippen LogP contribution >= 0.6 is 0 Å². The lowest BCUT2D eigenvalue weighted by Gasteiger charge is -2.10. The minimum atomic E-state index is -0.261. The van der Waals surface area contributed by atoms with Crippen LogP contribution in [0.4, 0.5) is 5.69 Å². The summed E-state index contributed by atoms with van der Waals surface area (Å²) in [6, 6.07) is 19.6. The highest BCUT2D eigenvalue weighted by Gasteiger charge is 2.13. The van der Waals surface area contributed by atoms with Crippen LogP contribution in [0.5, 0.6) is 0 Å². The third-order valence-electron chi connectivity index (χ3n) is 4.27. The Morgan fingerprint density at radius 1 is 1.07 bits per heavy atom. The van der Waals surface area contributed by atoms with E-state index >= 15 is 0 Å². The molecule has 4 rings (SSSR count). The number of nitrogens with zero attached hydrogens (tertiary/aromatic N) is 4. The highest BCUT2D eigenvalue weighted by molar-refractivity contribution is 6.04. The number of aromatic nitrogens is 3. The van der Waals surface area contributed by atoms with Gasteiger partial charge in [0.15, 0.2) is 0 Å². The maximum Gasteiger partial charge on any atom is 0.255 e. The van der Waals surface area contributed by atoms with Gasteiger partial charge in [0.25, 0.3) is 5.91 Å². The number of para-hydroxylation sites is 1. The Hall–Kier alpha value is -4.31. The van der Waals surface area contributed by atoms with Crippen LogP contribution in [-0.2, 0) is 6.42 Å². The summed E-state index contributed by atoms with van der Waals surface area (Å²) in [5, 5.41) is 15.8. The van der Waals surface area contributed by atoms with Gasteiger partial charge in [-0.15, -0.1) is 0 Å². The van der Waals surface area contributed by atoms with E-state index in [9.17, 15) is 4.79 Å². The monoisotopic (exact) mass is 381 g/mol. The quantitative estimate of drug-likeness (QED) is 0.563. The fraction of sp³-hybridized carbons (Fsp3) is 0.0455. The van der Waals surface area contributed by atoms with Crippen LogP contribution in [0.3, 0.4) is 0 Å². The lowest BCUT2D eigenvalue weighted by molar-refractivity contribution is 0.102. The Morgan fingerprint density at radius 3 is 2.66 bits per heavy atom. The van der Waals surface area contributed by atoms with Crippen molar-refractivity contribution in [2.45, 2.75) is 6.42 Å². The van der Waals surface area contributed by atoms with E-state index in [0.29, 0.717) is 35.0 Å². The number of carbonyl (C=O) groups excluding carboxylic acids is 1. The molecule has 0 radical (unpaired) electrons. The Kier molecular flexibility index (Phi) is 5.08. The SMILES string of the molecule is N#Cc1ccc(C(=O)Nc2ccccc2Cc2nc(-c3cccnc3)no2)cc1. The molecule has 2 aromatic heterocycles. The Morgan fingerprint density at radius 2 is 1.90 bits per heavy atom. The zero-order valence-electron chi connectivity index (χ0n) is 15.2. The summed E-state index contributed by atoms with van der Waals surface area (Å²) in [5.74, 6) is 0.639. The van der Waals surface area contributed by atoms with Gasteiger partial charge in [0.05, 0.1) is 18.1 Å². The zero-order valence-corrected chi connectivity index (χ0v) is 15.2. The van der Waals surface area contributed by atoms with Gasteiger partial charge in [-0.2, -0.15) is 10.2 Å². The molecular formula is C22H15N5O2. The number of hydrogen-bond donors (Lipinski definition) is 1. The second kappa shape index (κ2) is 8.15. The number of pyridine rings is 1. The molecule has 0 bridgehead atoms. The predicted molar refractivity (Wildman–Crippen MR) is 106 cm³/mol. The van der Waals surface area contributed by atoms with E-state index in [4.69, 9.17) is 9.78 Å². The lowest BCUT2D eigenvalue weighted by Crippen LogP contribution is -2.13. The van der Waals surface area contributed by atoms with Gasteiger partial charge in [-0.25, -0.2) is 0 Å². The molecule has 0 unspecified atom stereocenters. The Balaban J connectivity index is 1.52. The van der Waals surface area contributed by atoms with Gasteiger partial charge in [0.1, 0.15) is 0 Å². The van der Waals surface area contributed by atoms with Gasteiger partial charge in [0.2, 0.25) is 11.7 Å². The van der Waals surface area contributed by atoms with Crippen LogP contribution < -0.4 is 5.32 Å². The van der Waals surface area contributed by atoms with Crippen LogP contribution in [0.1, 0.15) is 27.4 Å². The molecule has 0 atom stereocenters. The molecule has 1 N–H and O–H groups in total. The maximum absolute atomic E-state index is 12.6. The molecule has 2 aromatic carbocycles. The Bertz CT molecular complexity index is 1180. The van der Waals surface area contributed by atoms with E-state index in [1.165, 1.54) is 0 Å². The highest BCUT2D eigenvalue weighted by atomic mass is 16.5. The molecule has 2 heterocycles. The molecule has 7 heteroatoms. The minimum Gasteiger partial charge on any atom is -0.339 e. The van der Waals surface area contributed by atoms with Crippen molar-refractivity contribution < 1.29 is 9.32 Å². The third-order valence-corrected chi connectivity index (χ3v) is 4.27. The molecule has 140 valence electrons. The van der Waals surface area contributed by atoms with Gasteiger partial charge in [-0.05, 0) is 48.0 Å². The summed E-state index contributed by atoms with van der Waals surface area (Å²) in [6.07, 6.45) is 3.72. The second-order valence-electron chi connectivity index (χ2n) is 6.23. The first-order valence-corrected chi connectivity index (χ1v) is 8.85. The number of nitriles is 1. The summed E-state index contributed by atoms with van der Waals surface area (Å²) in [5.41, 5.74) is 3.24. The number of anilines is 1. The normalized spacial score (nSPS) is 10.3. The van der Waals surface area contributed by atoms with Gasteiger partial charge in [-0.1, -0.05) is 23.4 Å². The molecule has 0 saturated carbocycles. The smallest absolute Gasteiger partial charge is 0.255 e. The van der Waals surface area contributed by atoms with Crippen molar-refractivity contribution >= 4 is 11.6 Å². The molecule has 4 aromatic rings. The van der Waals surface area contributed by atoms with E-state index in [0.717, 1.165) is 11.1 Å². The molecule has 0 aliphatic heterocycles. The average Bonchev–Trinajstić information content (AvgIpc) is 3.24. The van der Waals surface area contributed by atoms with Crippen molar-refractivity contribution in [3.63, 3.8) is 0 Å². The number of amides is 1. The zero-order chi connectivity index (χ0) is 20.1. The molecule has 0 aliphatic rings. The maximum atomic E-state index is 12.6. The van der Waals surface area contributed by atoms with Gasteiger partial charge >= 0.3 is 0 Å². The summed E-state index contributed by atoms with van der Waals surface area (Å²) >= 11 is 0. The fourth-order valence-corrected chi connectivity index (χ4v) is 2.79. The Labute approximate surface area is 166 Å². The predicted octanol–water partition coefficient (Wildman–Crippen LogP) is 3.85. The van der Waals surface area contributed by atoms with Crippen LogP contribution in [0, 0.1) is 11.3 Å². The molecular weight excluding hydrogens is 366 g/mol. The van der Waals surface area contributed by atoms with Gasteiger partial charge < -0.3 is 9.84 Å². The van der Waals surface area contributed by atoms with Crippen LogP contribution in [-0.4, -0.2) is 21.0 Å². The largest absolute Gasteiger partial charge is 0.339 e. The van der Waals surface area contributed by atoms with E-state index in [-0.39, 0.29) is 5.91 Å². The van der Waals surface area contributed by atoms with E-state index in [1.54, 1.807) is 42.7 Å². The lowest BCUT2D eigenvalue weighted by atomic mass is 10.1. The van der Waals surface area contributed by atoms with E-state index < -0.39 is 0 Å². The molecule has 7 nitrogen and oxygen atoms in total. The number of carbonyl (C=O) groups is 1. The van der Waals surface area contributed by atoms with Gasteiger partial charge in [-0.3, -0.25) is 9.78 Å². The summed E-state index contributed by atoms with van der Waals surface area (Å²) < 4.78 is 5.36. The molecule has 0 aliphatic carbocycles. The molecule has 0 saturated heterocycles. The van der Waals surface area contributed by atoms with Crippen LogP contribution in [0.15, 0.2) is 77.6 Å². The number of benzene rings is 2. The summed E-state index contributed by atoms with van der Waals surface area (Å²) in [4.78, 5) is 21.0. The first kappa shape index (κ1) is 18.1. The molecule has 0 fully saturated rings. The first-order valence-electron chi connectivity index (χ1n) is 8.85. The number of nitrogens with one attached hydrogen (secondary N) is 1. The van der Waals surface area contributed by atoms with Crippen molar-refractivity contribution in [3.8, 4) is 17.5 Å². The average molecular weight is 381 g/mol. The fourth-order valence-electron chi connectivity index (χ4n) is 2.79. The topological polar surface area (TPSA) is 105 Å².